The fourth-order valence-corrected chi connectivity index (χ4v) is 1.34. The van der Waals surface area contributed by atoms with Crippen LogP contribution in [0.4, 0.5) is 0 Å². The van der Waals surface area contributed by atoms with Gasteiger partial charge < -0.3 is 5.73 Å². The lowest BCUT2D eigenvalue weighted by molar-refractivity contribution is -0.325. The first-order valence-electron chi connectivity index (χ1n) is 6.89. The van der Waals surface area contributed by atoms with Crippen molar-refractivity contribution in [2.45, 2.75) is 53.4 Å². The maximum absolute atomic E-state index is 3.25. The molecule has 1 rings (SSSR count). The van der Waals surface area contributed by atoms with Crippen LogP contribution in [0.15, 0.2) is 30.3 Å². The van der Waals surface area contributed by atoms with Gasteiger partial charge in [0.05, 0.1) is 7.05 Å². The molecule has 0 saturated carbocycles. The highest BCUT2D eigenvalue weighted by molar-refractivity contribution is 5.11. The highest BCUT2D eigenvalue weighted by Crippen LogP contribution is 2.06. The Hall–Kier alpha value is -0.820. The van der Waals surface area contributed by atoms with Crippen molar-refractivity contribution >= 4 is 0 Å². The predicted molar refractivity (Wildman–Crippen MR) is 79.0 cm³/mol. The molecule has 1 nitrogen and oxygen atoms in total. The van der Waals surface area contributed by atoms with Gasteiger partial charge in [-0.15, -0.1) is 0 Å². The van der Waals surface area contributed by atoms with E-state index in [9.17, 15) is 0 Å². The summed E-state index contributed by atoms with van der Waals surface area (Å²) < 4.78 is 0. The largest absolute Gasteiger partial charge is 0.360 e. The van der Waals surface area contributed by atoms with Gasteiger partial charge in [-0.25, -0.2) is 0 Å². The van der Waals surface area contributed by atoms with Gasteiger partial charge in [-0.2, -0.15) is 0 Å². The Morgan fingerprint density at radius 2 is 1.53 bits per heavy atom. The van der Waals surface area contributed by atoms with Crippen LogP contribution in [0.1, 0.15) is 52.0 Å². The molecule has 0 saturated heterocycles. The molecule has 0 unspecified atom stereocenters. The van der Waals surface area contributed by atoms with E-state index in [-0.39, 0.29) is 0 Å². The molecule has 17 heavy (non-hydrogen) atoms. The summed E-state index contributed by atoms with van der Waals surface area (Å²) in [7, 11) is 1.75. The Labute approximate surface area is 108 Å². The van der Waals surface area contributed by atoms with Crippen LogP contribution in [0.2, 0.25) is 0 Å². The van der Waals surface area contributed by atoms with E-state index in [0.717, 1.165) is 5.92 Å². The SMILES string of the molecule is CCCCCC(C)C.C[NH3+].Cc1ccccc1. The highest BCUT2D eigenvalue weighted by Gasteiger charge is 1.90. The second kappa shape index (κ2) is 15.2. The molecular formula is C16H32N+. The number of benzene rings is 1. The number of quaternary nitrogens is 1. The monoisotopic (exact) mass is 238 g/mol. The first-order chi connectivity index (χ1) is 8.16. The Balaban J connectivity index is 0. The van der Waals surface area contributed by atoms with Gasteiger partial charge >= 0.3 is 0 Å². The predicted octanol–water partition coefficient (Wildman–Crippen LogP) is 4.08. The third kappa shape index (κ3) is 17.8. The molecule has 0 spiro atoms. The lowest BCUT2D eigenvalue weighted by Gasteiger charge is -2.00. The van der Waals surface area contributed by atoms with Crippen LogP contribution >= 0.6 is 0 Å². The van der Waals surface area contributed by atoms with E-state index in [2.05, 4.69) is 45.6 Å². The number of hydrogen-bond donors (Lipinski definition) is 1. The molecule has 0 radical (unpaired) electrons. The van der Waals surface area contributed by atoms with E-state index in [0.29, 0.717) is 0 Å². The molecule has 3 N–H and O–H groups in total. The summed E-state index contributed by atoms with van der Waals surface area (Å²) in [4.78, 5) is 0. The van der Waals surface area contributed by atoms with E-state index >= 15 is 0 Å². The third-order valence-electron chi connectivity index (χ3n) is 2.33. The molecule has 0 fully saturated rings. The molecule has 0 atom stereocenters. The lowest BCUT2D eigenvalue weighted by Crippen LogP contribution is -2.40. The van der Waals surface area contributed by atoms with Gasteiger partial charge in [0.1, 0.15) is 0 Å². The average molecular weight is 238 g/mol. The van der Waals surface area contributed by atoms with Crippen LogP contribution < -0.4 is 5.73 Å². The Bertz CT molecular complexity index is 216. The minimum Gasteiger partial charge on any atom is -0.360 e. The van der Waals surface area contributed by atoms with E-state index < -0.39 is 0 Å². The van der Waals surface area contributed by atoms with Crippen molar-refractivity contribution in [1.82, 2.24) is 0 Å². The molecule has 0 aliphatic rings. The van der Waals surface area contributed by atoms with Gasteiger partial charge in [-0.3, -0.25) is 0 Å². The quantitative estimate of drug-likeness (QED) is 0.766. The van der Waals surface area contributed by atoms with Crippen molar-refractivity contribution in [1.29, 1.82) is 0 Å². The summed E-state index contributed by atoms with van der Waals surface area (Å²) in [6, 6.07) is 10.3. The van der Waals surface area contributed by atoms with Gasteiger partial charge in [-0.1, -0.05) is 82.3 Å². The summed E-state index contributed by atoms with van der Waals surface area (Å²) in [5.41, 5.74) is 4.57. The second-order valence-electron chi connectivity index (χ2n) is 4.54. The maximum Gasteiger partial charge on any atom is 0.0634 e. The number of unbranched alkanes of at least 4 members (excludes halogenated alkanes) is 2. The first kappa shape index (κ1) is 18.5. The van der Waals surface area contributed by atoms with Crippen molar-refractivity contribution in [3.8, 4) is 0 Å². The van der Waals surface area contributed by atoms with Crippen LogP contribution in [0, 0.1) is 12.8 Å². The molecule has 1 aromatic carbocycles. The summed E-state index contributed by atoms with van der Waals surface area (Å²) in [6.45, 7) is 8.91. The van der Waals surface area contributed by atoms with Crippen molar-refractivity contribution in [3.05, 3.63) is 35.9 Å². The molecule has 0 aliphatic carbocycles. The zero-order chi connectivity index (χ0) is 13.5. The summed E-state index contributed by atoms with van der Waals surface area (Å²) in [5, 5.41) is 0. The van der Waals surface area contributed by atoms with Crippen molar-refractivity contribution in [3.63, 3.8) is 0 Å². The molecule has 0 aromatic heterocycles. The number of aryl methyl sites for hydroxylation is 1. The zero-order valence-corrected chi connectivity index (χ0v) is 12.5. The van der Waals surface area contributed by atoms with Gasteiger partial charge in [0, 0.05) is 0 Å². The highest BCUT2D eigenvalue weighted by atomic mass is 14.4. The van der Waals surface area contributed by atoms with Crippen LogP contribution in [-0.2, 0) is 0 Å². The molecule has 0 aliphatic heterocycles. The van der Waals surface area contributed by atoms with E-state index in [1.165, 1.54) is 31.2 Å². The van der Waals surface area contributed by atoms with E-state index in [1.807, 2.05) is 18.2 Å². The van der Waals surface area contributed by atoms with Gasteiger partial charge in [0.2, 0.25) is 0 Å². The first-order valence-corrected chi connectivity index (χ1v) is 6.89. The fraction of sp³-hybridized carbons (Fsp3) is 0.625. The summed E-state index contributed by atoms with van der Waals surface area (Å²) in [5.74, 6) is 0.904. The van der Waals surface area contributed by atoms with Crippen molar-refractivity contribution in [2.75, 3.05) is 7.05 Å². The molecule has 0 heterocycles. The average Bonchev–Trinajstić information content (AvgIpc) is 2.33. The minimum absolute atomic E-state index is 0.904. The molecule has 0 bridgehead atoms. The topological polar surface area (TPSA) is 27.6 Å². The van der Waals surface area contributed by atoms with Crippen LogP contribution in [0.5, 0.6) is 0 Å². The second-order valence-corrected chi connectivity index (χ2v) is 4.54. The molecule has 0 amide bonds. The molecule has 100 valence electrons. The van der Waals surface area contributed by atoms with Gasteiger partial charge in [-0.05, 0) is 12.8 Å². The Kier molecular flexibility index (Phi) is 16.6. The van der Waals surface area contributed by atoms with Crippen LogP contribution in [0.25, 0.3) is 0 Å². The lowest BCUT2D eigenvalue weighted by atomic mass is 10.1. The van der Waals surface area contributed by atoms with Crippen molar-refractivity contribution < 1.29 is 5.73 Å². The Morgan fingerprint density at radius 1 is 1.00 bits per heavy atom. The number of hydrogen-bond acceptors (Lipinski definition) is 0. The molecular weight excluding hydrogens is 206 g/mol. The third-order valence-corrected chi connectivity index (χ3v) is 2.33. The maximum atomic E-state index is 3.25. The van der Waals surface area contributed by atoms with Crippen LogP contribution in [0.3, 0.4) is 0 Å². The van der Waals surface area contributed by atoms with E-state index in [4.69, 9.17) is 0 Å². The summed E-state index contributed by atoms with van der Waals surface area (Å²) in [6.07, 6.45) is 5.60. The molecule has 1 heteroatoms. The van der Waals surface area contributed by atoms with Crippen molar-refractivity contribution in [2.24, 2.45) is 5.92 Å². The van der Waals surface area contributed by atoms with Gasteiger partial charge in [0.25, 0.3) is 0 Å². The standard InChI is InChI=1S/C8H18.C7H8.CH5N/c1-4-5-6-7-8(2)3;1-7-5-3-2-4-6-7;1-2/h8H,4-7H2,1-3H3;2-6H,1H3;2H2,1H3/p+1. The van der Waals surface area contributed by atoms with Crippen LogP contribution in [-0.4, -0.2) is 7.05 Å². The zero-order valence-electron chi connectivity index (χ0n) is 12.5. The minimum atomic E-state index is 0.904. The Morgan fingerprint density at radius 3 is 1.82 bits per heavy atom. The number of rotatable bonds is 4. The summed E-state index contributed by atoms with van der Waals surface area (Å²) >= 11 is 0. The molecule has 1 aromatic rings. The normalized spacial score (nSPS) is 8.88. The smallest absolute Gasteiger partial charge is 0.0634 e. The van der Waals surface area contributed by atoms with Gasteiger partial charge in [0.15, 0.2) is 0 Å². The fourth-order valence-electron chi connectivity index (χ4n) is 1.34. The van der Waals surface area contributed by atoms with E-state index in [1.54, 1.807) is 7.05 Å².